The predicted molar refractivity (Wildman–Crippen MR) is 67.0 cm³/mol. The van der Waals surface area contributed by atoms with Crippen molar-refractivity contribution in [2.24, 2.45) is 0 Å². The van der Waals surface area contributed by atoms with Gasteiger partial charge < -0.3 is 9.84 Å². The topological polar surface area (TPSA) is 66.8 Å². The van der Waals surface area contributed by atoms with Gasteiger partial charge in [0.05, 0.1) is 18.6 Å². The lowest BCUT2D eigenvalue weighted by Gasteiger charge is -2.22. The number of ether oxygens (including phenoxy) is 1. The average molecular weight is 271 g/mol. The minimum absolute atomic E-state index is 0.136. The van der Waals surface area contributed by atoms with Crippen molar-refractivity contribution in [2.75, 3.05) is 20.3 Å². The number of aliphatic hydroxyl groups is 1. The maximum Gasteiger partial charge on any atom is 0.243 e. The first-order chi connectivity index (χ1) is 8.59. The van der Waals surface area contributed by atoms with Crippen molar-refractivity contribution in [3.63, 3.8) is 0 Å². The van der Waals surface area contributed by atoms with E-state index in [0.29, 0.717) is 18.7 Å². The van der Waals surface area contributed by atoms with Crippen LogP contribution in [0.4, 0.5) is 0 Å². The molecule has 0 bridgehead atoms. The van der Waals surface area contributed by atoms with Crippen molar-refractivity contribution in [3.8, 4) is 5.75 Å². The summed E-state index contributed by atoms with van der Waals surface area (Å²) in [7, 11) is -2.04. The van der Waals surface area contributed by atoms with E-state index in [9.17, 15) is 13.5 Å². The molecule has 0 saturated carbocycles. The number of benzene rings is 1. The van der Waals surface area contributed by atoms with Crippen LogP contribution in [0, 0.1) is 0 Å². The molecule has 1 saturated heterocycles. The van der Waals surface area contributed by atoms with E-state index >= 15 is 0 Å². The van der Waals surface area contributed by atoms with Gasteiger partial charge in [0.25, 0.3) is 0 Å². The lowest BCUT2D eigenvalue weighted by molar-refractivity contribution is 0.213. The third kappa shape index (κ3) is 2.36. The van der Waals surface area contributed by atoms with Gasteiger partial charge in [-0.25, -0.2) is 8.42 Å². The maximum absolute atomic E-state index is 12.4. The number of sulfonamides is 1. The van der Waals surface area contributed by atoms with Gasteiger partial charge in [-0.2, -0.15) is 4.31 Å². The van der Waals surface area contributed by atoms with Crippen LogP contribution in [-0.4, -0.2) is 44.1 Å². The minimum atomic E-state index is -3.54. The molecular weight excluding hydrogens is 254 g/mol. The van der Waals surface area contributed by atoms with E-state index in [2.05, 4.69) is 0 Å². The second kappa shape index (κ2) is 5.26. The fraction of sp³-hybridized carbons (Fsp3) is 0.500. The fourth-order valence-electron chi connectivity index (χ4n) is 2.21. The molecule has 1 aromatic rings. The van der Waals surface area contributed by atoms with Crippen molar-refractivity contribution in [1.29, 1.82) is 0 Å². The van der Waals surface area contributed by atoms with Crippen molar-refractivity contribution >= 4 is 10.0 Å². The molecule has 1 heterocycles. The Kier molecular flexibility index (Phi) is 3.89. The van der Waals surface area contributed by atoms with E-state index in [4.69, 9.17) is 4.74 Å². The van der Waals surface area contributed by atoms with E-state index in [1.165, 1.54) is 17.5 Å². The Hall–Kier alpha value is -1.11. The Morgan fingerprint density at radius 1 is 1.50 bits per heavy atom. The van der Waals surface area contributed by atoms with E-state index in [-0.39, 0.29) is 17.5 Å². The molecule has 18 heavy (non-hydrogen) atoms. The van der Waals surface area contributed by atoms with Gasteiger partial charge in [0, 0.05) is 18.7 Å². The highest BCUT2D eigenvalue weighted by Crippen LogP contribution is 2.27. The Bertz CT molecular complexity index is 515. The first kappa shape index (κ1) is 13.3. The van der Waals surface area contributed by atoms with Crippen molar-refractivity contribution in [3.05, 3.63) is 24.3 Å². The molecule has 1 atom stereocenters. The van der Waals surface area contributed by atoms with Gasteiger partial charge in [0.1, 0.15) is 5.75 Å². The van der Waals surface area contributed by atoms with Crippen molar-refractivity contribution < 1.29 is 18.3 Å². The first-order valence-corrected chi connectivity index (χ1v) is 7.30. The van der Waals surface area contributed by atoms with E-state index in [0.717, 1.165) is 6.42 Å². The molecule has 1 unspecified atom stereocenters. The second-order valence-electron chi connectivity index (χ2n) is 4.27. The minimum Gasteiger partial charge on any atom is -0.497 e. The van der Waals surface area contributed by atoms with Crippen LogP contribution < -0.4 is 4.74 Å². The SMILES string of the molecule is COc1cccc(S(=O)(=O)N2CCCC2CO)c1. The number of hydrogen-bond acceptors (Lipinski definition) is 4. The molecule has 1 N–H and O–H groups in total. The van der Waals surface area contributed by atoms with E-state index in [1.54, 1.807) is 18.2 Å². The molecule has 0 amide bonds. The number of methoxy groups -OCH3 is 1. The van der Waals surface area contributed by atoms with Crippen molar-refractivity contribution in [2.45, 2.75) is 23.8 Å². The Balaban J connectivity index is 2.35. The number of hydrogen-bond donors (Lipinski definition) is 1. The Morgan fingerprint density at radius 2 is 2.28 bits per heavy atom. The highest BCUT2D eigenvalue weighted by atomic mass is 32.2. The summed E-state index contributed by atoms with van der Waals surface area (Å²) in [6, 6.07) is 6.09. The standard InChI is InChI=1S/C12H17NO4S/c1-17-11-5-2-6-12(8-11)18(15,16)13-7-3-4-10(13)9-14/h2,5-6,8,10,14H,3-4,7,9H2,1H3. The van der Waals surface area contributed by atoms with Gasteiger partial charge in [0.2, 0.25) is 10.0 Å². The average Bonchev–Trinajstić information content (AvgIpc) is 2.88. The molecule has 1 aromatic carbocycles. The fourth-order valence-corrected chi connectivity index (χ4v) is 3.93. The molecule has 5 nitrogen and oxygen atoms in total. The lowest BCUT2D eigenvalue weighted by atomic mass is 10.2. The van der Waals surface area contributed by atoms with Gasteiger partial charge in [-0.15, -0.1) is 0 Å². The summed E-state index contributed by atoms with van der Waals surface area (Å²) >= 11 is 0. The van der Waals surface area contributed by atoms with Crippen molar-refractivity contribution in [1.82, 2.24) is 4.31 Å². The van der Waals surface area contributed by atoms with Gasteiger partial charge in [-0.3, -0.25) is 0 Å². The molecule has 100 valence electrons. The van der Waals surface area contributed by atoms with Crippen LogP contribution in [0.1, 0.15) is 12.8 Å². The molecule has 1 aliphatic rings. The summed E-state index contributed by atoms with van der Waals surface area (Å²) in [4.78, 5) is 0.210. The highest BCUT2D eigenvalue weighted by Gasteiger charge is 2.34. The zero-order valence-electron chi connectivity index (χ0n) is 10.2. The number of aliphatic hydroxyl groups excluding tert-OH is 1. The quantitative estimate of drug-likeness (QED) is 0.881. The third-order valence-electron chi connectivity index (χ3n) is 3.18. The summed E-state index contributed by atoms with van der Waals surface area (Å²) in [5, 5.41) is 9.22. The lowest BCUT2D eigenvalue weighted by Crippen LogP contribution is -2.37. The zero-order valence-corrected chi connectivity index (χ0v) is 11.1. The number of nitrogens with zero attached hydrogens (tertiary/aromatic N) is 1. The molecule has 0 aliphatic carbocycles. The van der Waals surface area contributed by atoms with Crippen LogP contribution >= 0.6 is 0 Å². The molecule has 2 rings (SSSR count). The van der Waals surface area contributed by atoms with Gasteiger partial charge in [0.15, 0.2) is 0 Å². The summed E-state index contributed by atoms with van der Waals surface area (Å²) in [6.07, 6.45) is 1.49. The van der Waals surface area contributed by atoms with Crippen LogP contribution in [0.5, 0.6) is 5.75 Å². The van der Waals surface area contributed by atoms with Crippen LogP contribution in [0.25, 0.3) is 0 Å². The van der Waals surface area contributed by atoms with Gasteiger partial charge >= 0.3 is 0 Å². The van der Waals surface area contributed by atoms with E-state index in [1.807, 2.05) is 0 Å². The van der Waals surface area contributed by atoms with E-state index < -0.39 is 10.0 Å². The molecule has 1 aliphatic heterocycles. The molecular formula is C12H17NO4S. The predicted octanol–water partition coefficient (Wildman–Crippen LogP) is 0.841. The zero-order chi connectivity index (χ0) is 13.2. The largest absolute Gasteiger partial charge is 0.497 e. The summed E-state index contributed by atoms with van der Waals surface area (Å²) in [5.74, 6) is 0.510. The van der Waals surface area contributed by atoms with Gasteiger partial charge in [-0.05, 0) is 25.0 Å². The van der Waals surface area contributed by atoms with Crippen LogP contribution in [0.2, 0.25) is 0 Å². The molecule has 6 heteroatoms. The highest BCUT2D eigenvalue weighted by molar-refractivity contribution is 7.89. The third-order valence-corrected chi connectivity index (χ3v) is 5.13. The monoisotopic (exact) mass is 271 g/mol. The molecule has 0 spiro atoms. The number of rotatable bonds is 4. The summed E-state index contributed by atoms with van der Waals surface area (Å²) in [6.45, 7) is 0.327. The van der Waals surface area contributed by atoms with Crippen LogP contribution in [-0.2, 0) is 10.0 Å². The maximum atomic E-state index is 12.4. The summed E-state index contributed by atoms with van der Waals surface area (Å²) < 4.78 is 31.3. The van der Waals surface area contributed by atoms with Crippen LogP contribution in [0.3, 0.4) is 0 Å². The second-order valence-corrected chi connectivity index (χ2v) is 6.16. The molecule has 0 radical (unpaired) electrons. The normalized spacial score (nSPS) is 21.1. The smallest absolute Gasteiger partial charge is 0.243 e. The molecule has 0 aromatic heterocycles. The Labute approximate surface area is 107 Å². The summed E-state index contributed by atoms with van der Waals surface area (Å²) in [5.41, 5.74) is 0. The molecule has 1 fully saturated rings. The Morgan fingerprint density at radius 3 is 2.94 bits per heavy atom. The first-order valence-electron chi connectivity index (χ1n) is 5.86. The van der Waals surface area contributed by atoms with Gasteiger partial charge in [-0.1, -0.05) is 6.07 Å². The van der Waals surface area contributed by atoms with Crippen LogP contribution in [0.15, 0.2) is 29.2 Å².